The summed E-state index contributed by atoms with van der Waals surface area (Å²) in [4.78, 5) is 10.7. The summed E-state index contributed by atoms with van der Waals surface area (Å²) < 4.78 is 5.12. The monoisotopic (exact) mass is 246 g/mol. The number of aryl methyl sites for hydroxylation is 2. The summed E-state index contributed by atoms with van der Waals surface area (Å²) in [6.07, 6.45) is -0.945. The van der Waals surface area contributed by atoms with Gasteiger partial charge in [-0.1, -0.05) is 18.2 Å². The van der Waals surface area contributed by atoms with Crippen molar-refractivity contribution < 1.29 is 19.4 Å². The summed E-state index contributed by atoms with van der Waals surface area (Å²) >= 11 is 0. The molecule has 1 aromatic heterocycles. The van der Waals surface area contributed by atoms with E-state index >= 15 is 0 Å². The fraction of sp³-hybridized carbons (Fsp3) is 0.214. The molecule has 0 spiro atoms. The Morgan fingerprint density at radius 1 is 1.17 bits per heavy atom. The van der Waals surface area contributed by atoms with Crippen LogP contribution in [0.3, 0.4) is 0 Å². The number of hydrogen-bond donors (Lipinski definition) is 2. The Bertz CT molecular complexity index is 563. The van der Waals surface area contributed by atoms with E-state index in [1.807, 2.05) is 32.0 Å². The van der Waals surface area contributed by atoms with Crippen molar-refractivity contribution in [2.45, 2.75) is 20.0 Å². The van der Waals surface area contributed by atoms with Crippen LogP contribution in [0.2, 0.25) is 0 Å². The molecule has 0 saturated heterocycles. The first-order valence-corrected chi connectivity index (χ1v) is 5.58. The number of furan rings is 1. The number of aromatic carboxylic acids is 1. The molecule has 0 amide bonds. The van der Waals surface area contributed by atoms with Crippen molar-refractivity contribution in [3.63, 3.8) is 0 Å². The Kier molecular flexibility index (Phi) is 3.21. The van der Waals surface area contributed by atoms with Crippen LogP contribution in [-0.4, -0.2) is 16.2 Å². The molecule has 1 atom stereocenters. The van der Waals surface area contributed by atoms with E-state index < -0.39 is 12.1 Å². The highest BCUT2D eigenvalue weighted by Gasteiger charge is 2.20. The molecule has 0 aliphatic heterocycles. The minimum atomic E-state index is -1.14. The van der Waals surface area contributed by atoms with Gasteiger partial charge >= 0.3 is 5.97 Å². The second-order valence-corrected chi connectivity index (χ2v) is 4.22. The molecule has 94 valence electrons. The lowest BCUT2D eigenvalue weighted by Crippen LogP contribution is -2.03. The van der Waals surface area contributed by atoms with Crippen LogP contribution in [-0.2, 0) is 0 Å². The first-order chi connectivity index (χ1) is 8.50. The molecule has 0 aliphatic rings. The number of carboxylic acid groups (broad SMARTS) is 1. The van der Waals surface area contributed by atoms with Gasteiger partial charge in [-0.15, -0.1) is 0 Å². The molecular formula is C14H14O4. The highest BCUT2D eigenvalue weighted by molar-refractivity contribution is 5.84. The van der Waals surface area contributed by atoms with Gasteiger partial charge in [-0.25, -0.2) is 4.79 Å². The molecular weight excluding hydrogens is 232 g/mol. The van der Waals surface area contributed by atoms with Gasteiger partial charge in [0.25, 0.3) is 0 Å². The minimum Gasteiger partial charge on any atom is -0.475 e. The van der Waals surface area contributed by atoms with Gasteiger partial charge in [0, 0.05) is 0 Å². The molecule has 18 heavy (non-hydrogen) atoms. The van der Waals surface area contributed by atoms with E-state index in [2.05, 4.69) is 0 Å². The van der Waals surface area contributed by atoms with Gasteiger partial charge in [0.2, 0.25) is 5.76 Å². The molecule has 0 aliphatic carbocycles. The lowest BCUT2D eigenvalue weighted by molar-refractivity contribution is 0.0655. The van der Waals surface area contributed by atoms with E-state index in [1.54, 1.807) is 0 Å². The fourth-order valence-electron chi connectivity index (χ4n) is 2.02. The highest BCUT2D eigenvalue weighted by Crippen LogP contribution is 2.28. The Balaban J connectivity index is 2.41. The van der Waals surface area contributed by atoms with Crippen LogP contribution < -0.4 is 0 Å². The molecule has 1 unspecified atom stereocenters. The van der Waals surface area contributed by atoms with Gasteiger partial charge in [-0.3, -0.25) is 0 Å². The van der Waals surface area contributed by atoms with Gasteiger partial charge in [-0.05, 0) is 42.7 Å². The maximum absolute atomic E-state index is 10.7. The number of carboxylic acids is 1. The van der Waals surface area contributed by atoms with Gasteiger partial charge in [0.15, 0.2) is 0 Å². The smallest absolute Gasteiger partial charge is 0.371 e. The third-order valence-electron chi connectivity index (χ3n) is 2.92. The predicted molar refractivity (Wildman–Crippen MR) is 65.6 cm³/mol. The lowest BCUT2D eigenvalue weighted by atomic mass is 9.97. The van der Waals surface area contributed by atoms with Gasteiger partial charge in [0.05, 0.1) is 0 Å². The van der Waals surface area contributed by atoms with Gasteiger partial charge in [-0.2, -0.15) is 0 Å². The minimum absolute atomic E-state index is 0.171. The zero-order valence-corrected chi connectivity index (χ0v) is 10.2. The molecule has 0 radical (unpaired) electrons. The third-order valence-corrected chi connectivity index (χ3v) is 2.92. The van der Waals surface area contributed by atoms with E-state index in [1.165, 1.54) is 12.1 Å². The largest absolute Gasteiger partial charge is 0.475 e. The van der Waals surface area contributed by atoms with Gasteiger partial charge < -0.3 is 14.6 Å². The van der Waals surface area contributed by atoms with E-state index in [9.17, 15) is 9.90 Å². The Morgan fingerprint density at radius 2 is 1.78 bits per heavy atom. The summed E-state index contributed by atoms with van der Waals surface area (Å²) in [5.41, 5.74) is 2.63. The Hall–Kier alpha value is -2.07. The van der Waals surface area contributed by atoms with E-state index in [0.29, 0.717) is 0 Å². The summed E-state index contributed by atoms with van der Waals surface area (Å²) in [5.74, 6) is -1.07. The topological polar surface area (TPSA) is 70.7 Å². The standard InChI is InChI=1S/C14H14O4/c1-8-4-3-5-9(2)12(8)13(15)10-6-7-11(18-10)14(16)17/h3-7,13,15H,1-2H3,(H,16,17). The number of aliphatic hydroxyl groups is 1. The van der Waals surface area contributed by atoms with Crippen LogP contribution >= 0.6 is 0 Å². The maximum Gasteiger partial charge on any atom is 0.371 e. The third kappa shape index (κ3) is 2.15. The number of hydrogen-bond acceptors (Lipinski definition) is 3. The molecule has 0 fully saturated rings. The molecule has 4 nitrogen and oxygen atoms in total. The number of carbonyl (C=O) groups is 1. The zero-order chi connectivity index (χ0) is 13.3. The van der Waals surface area contributed by atoms with Crippen LogP contribution in [0.25, 0.3) is 0 Å². The van der Waals surface area contributed by atoms with Crippen LogP contribution in [0.15, 0.2) is 34.7 Å². The van der Waals surface area contributed by atoms with Crippen molar-refractivity contribution in [2.24, 2.45) is 0 Å². The fourth-order valence-corrected chi connectivity index (χ4v) is 2.02. The molecule has 0 saturated carbocycles. The van der Waals surface area contributed by atoms with Crippen molar-refractivity contribution in [2.75, 3.05) is 0 Å². The molecule has 2 aromatic rings. The summed E-state index contributed by atoms with van der Waals surface area (Å²) in [6, 6.07) is 8.53. The predicted octanol–water partition coefficient (Wildman–Crippen LogP) is 2.68. The summed E-state index contributed by atoms with van der Waals surface area (Å²) in [7, 11) is 0. The molecule has 2 N–H and O–H groups in total. The Labute approximate surface area is 104 Å². The van der Waals surface area contributed by atoms with Crippen molar-refractivity contribution in [3.05, 3.63) is 58.5 Å². The lowest BCUT2D eigenvalue weighted by Gasteiger charge is -2.14. The first-order valence-electron chi connectivity index (χ1n) is 5.58. The SMILES string of the molecule is Cc1cccc(C)c1C(O)c1ccc(C(=O)O)o1. The molecule has 1 heterocycles. The maximum atomic E-state index is 10.7. The number of benzene rings is 1. The van der Waals surface area contributed by atoms with Crippen molar-refractivity contribution in [1.82, 2.24) is 0 Å². The van der Waals surface area contributed by atoms with Crippen molar-refractivity contribution >= 4 is 5.97 Å². The summed E-state index contributed by atoms with van der Waals surface area (Å²) in [5, 5.41) is 19.0. The van der Waals surface area contributed by atoms with Crippen LogP contribution in [0.4, 0.5) is 0 Å². The van der Waals surface area contributed by atoms with E-state index in [4.69, 9.17) is 9.52 Å². The molecule has 1 aromatic carbocycles. The average molecular weight is 246 g/mol. The molecule has 2 rings (SSSR count). The zero-order valence-electron chi connectivity index (χ0n) is 10.2. The van der Waals surface area contributed by atoms with Gasteiger partial charge in [0.1, 0.15) is 11.9 Å². The molecule has 0 bridgehead atoms. The highest BCUT2D eigenvalue weighted by atomic mass is 16.4. The summed E-state index contributed by atoms with van der Waals surface area (Å²) in [6.45, 7) is 3.79. The number of aliphatic hydroxyl groups excluding tert-OH is 1. The molecule has 4 heteroatoms. The van der Waals surface area contributed by atoms with E-state index in [0.717, 1.165) is 16.7 Å². The number of rotatable bonds is 3. The second kappa shape index (κ2) is 4.66. The quantitative estimate of drug-likeness (QED) is 0.873. The first kappa shape index (κ1) is 12.4. The van der Waals surface area contributed by atoms with Crippen LogP contribution in [0.1, 0.15) is 39.1 Å². The average Bonchev–Trinajstić information content (AvgIpc) is 2.77. The van der Waals surface area contributed by atoms with Crippen molar-refractivity contribution in [1.29, 1.82) is 0 Å². The Morgan fingerprint density at radius 3 is 2.28 bits per heavy atom. The normalized spacial score (nSPS) is 12.4. The second-order valence-electron chi connectivity index (χ2n) is 4.22. The van der Waals surface area contributed by atoms with E-state index in [-0.39, 0.29) is 11.5 Å². The van der Waals surface area contributed by atoms with Crippen LogP contribution in [0, 0.1) is 13.8 Å². The van der Waals surface area contributed by atoms with Crippen LogP contribution in [0.5, 0.6) is 0 Å². The van der Waals surface area contributed by atoms with Crippen molar-refractivity contribution in [3.8, 4) is 0 Å².